The summed E-state index contributed by atoms with van der Waals surface area (Å²) >= 11 is 0. The molecule has 128 valence electrons. The number of piperidine rings is 1. The van der Waals surface area contributed by atoms with E-state index in [-0.39, 0.29) is 11.8 Å². The Bertz CT molecular complexity index is 868. The van der Waals surface area contributed by atoms with Gasteiger partial charge >= 0.3 is 0 Å². The van der Waals surface area contributed by atoms with Gasteiger partial charge in [0.25, 0.3) is 0 Å². The molecule has 3 aromatic rings. The number of benzene rings is 1. The molecular formula is C18H20FN6+. The van der Waals surface area contributed by atoms with Crippen LogP contribution in [0, 0.1) is 5.82 Å². The maximum atomic E-state index is 13.3. The average molecular weight is 339 g/mol. The van der Waals surface area contributed by atoms with E-state index in [1.165, 1.54) is 12.1 Å². The van der Waals surface area contributed by atoms with Crippen LogP contribution < -0.4 is 11.1 Å². The second kappa shape index (κ2) is 6.60. The molecule has 1 aliphatic heterocycles. The largest absolute Gasteiger partial charge is 0.368 e. The molecular weight excluding hydrogens is 319 g/mol. The minimum Gasteiger partial charge on any atom is -0.368 e. The number of rotatable bonds is 3. The van der Waals surface area contributed by atoms with Crippen molar-refractivity contribution in [1.29, 1.82) is 0 Å². The van der Waals surface area contributed by atoms with E-state index >= 15 is 0 Å². The van der Waals surface area contributed by atoms with Crippen LogP contribution in [0.1, 0.15) is 18.9 Å². The summed E-state index contributed by atoms with van der Waals surface area (Å²) in [6.07, 6.45) is 5.67. The fraction of sp³-hybridized carbons (Fsp3) is 0.278. The lowest BCUT2D eigenvalue weighted by Crippen LogP contribution is -2.86. The van der Waals surface area contributed by atoms with Gasteiger partial charge < -0.3 is 15.6 Å². The number of imidazole rings is 1. The van der Waals surface area contributed by atoms with Crippen molar-refractivity contribution >= 4 is 5.95 Å². The summed E-state index contributed by atoms with van der Waals surface area (Å²) in [5.74, 6) is -0.0360. The third-order valence-corrected chi connectivity index (χ3v) is 4.63. The maximum Gasteiger partial charge on any atom is 0.220 e. The normalized spacial score (nSPS) is 15.4. The predicted octanol–water partition coefficient (Wildman–Crippen LogP) is 1.63. The van der Waals surface area contributed by atoms with Crippen molar-refractivity contribution in [2.75, 3.05) is 18.8 Å². The first-order chi connectivity index (χ1) is 12.2. The molecule has 1 aliphatic rings. The van der Waals surface area contributed by atoms with E-state index in [1.54, 1.807) is 18.3 Å². The number of aromatic nitrogens is 4. The van der Waals surface area contributed by atoms with Gasteiger partial charge in [0, 0.05) is 30.6 Å². The van der Waals surface area contributed by atoms with Gasteiger partial charge in [-0.3, -0.25) is 0 Å². The summed E-state index contributed by atoms with van der Waals surface area (Å²) in [5, 5.41) is 2.33. The molecule has 0 bridgehead atoms. The number of nitrogen functional groups attached to an aromatic ring is 1. The molecule has 0 spiro atoms. The first-order valence-electron chi connectivity index (χ1n) is 8.45. The Balaban J connectivity index is 1.86. The van der Waals surface area contributed by atoms with Gasteiger partial charge in [-0.2, -0.15) is 0 Å². The third-order valence-electron chi connectivity index (χ3n) is 4.63. The Morgan fingerprint density at radius 2 is 1.84 bits per heavy atom. The number of hydrogen-bond acceptors (Lipinski definition) is 4. The summed E-state index contributed by atoms with van der Waals surface area (Å²) in [5.41, 5.74) is 9.08. The van der Waals surface area contributed by atoms with Crippen LogP contribution in [0.25, 0.3) is 22.6 Å². The van der Waals surface area contributed by atoms with Crippen LogP contribution in [0.2, 0.25) is 0 Å². The van der Waals surface area contributed by atoms with Crippen molar-refractivity contribution in [1.82, 2.24) is 19.5 Å². The quantitative estimate of drug-likeness (QED) is 0.759. The smallest absolute Gasteiger partial charge is 0.220 e. The lowest BCUT2D eigenvalue weighted by molar-refractivity contribution is -0.664. The molecule has 1 aromatic carbocycles. The molecule has 0 aliphatic carbocycles. The zero-order chi connectivity index (χ0) is 17.2. The van der Waals surface area contributed by atoms with Crippen LogP contribution >= 0.6 is 0 Å². The minimum atomic E-state index is -0.265. The molecule has 1 fully saturated rings. The summed E-state index contributed by atoms with van der Waals surface area (Å²) in [6.45, 7) is 2.19. The first kappa shape index (κ1) is 15.7. The predicted molar refractivity (Wildman–Crippen MR) is 93.0 cm³/mol. The first-order valence-corrected chi connectivity index (χ1v) is 8.45. The zero-order valence-corrected chi connectivity index (χ0v) is 13.8. The summed E-state index contributed by atoms with van der Waals surface area (Å²) in [7, 11) is 0. The highest BCUT2D eigenvalue weighted by Gasteiger charge is 2.24. The van der Waals surface area contributed by atoms with Crippen molar-refractivity contribution in [3.8, 4) is 22.6 Å². The molecule has 0 amide bonds. The SMILES string of the molecule is Nc1nccc(-c2c(-c3ccc(F)cc3)ncn2C2CC[NH2+]CC2)n1. The maximum absolute atomic E-state index is 13.3. The average Bonchev–Trinajstić information content (AvgIpc) is 3.08. The molecule has 0 saturated carbocycles. The number of anilines is 1. The Morgan fingerprint density at radius 3 is 2.56 bits per heavy atom. The van der Waals surface area contributed by atoms with Crippen LogP contribution in [0.3, 0.4) is 0 Å². The van der Waals surface area contributed by atoms with Gasteiger partial charge in [0.2, 0.25) is 5.95 Å². The van der Waals surface area contributed by atoms with Crippen LogP contribution in [-0.4, -0.2) is 32.6 Å². The van der Waals surface area contributed by atoms with E-state index in [0.29, 0.717) is 6.04 Å². The third kappa shape index (κ3) is 3.10. The Morgan fingerprint density at radius 1 is 1.08 bits per heavy atom. The van der Waals surface area contributed by atoms with E-state index in [0.717, 1.165) is 48.6 Å². The number of hydrogen-bond donors (Lipinski definition) is 2. The molecule has 4 N–H and O–H groups in total. The molecule has 4 rings (SSSR count). The molecule has 7 heteroatoms. The van der Waals surface area contributed by atoms with E-state index in [9.17, 15) is 4.39 Å². The molecule has 3 heterocycles. The molecule has 2 aromatic heterocycles. The van der Waals surface area contributed by atoms with Gasteiger partial charge in [-0.1, -0.05) is 0 Å². The second-order valence-electron chi connectivity index (χ2n) is 6.25. The lowest BCUT2D eigenvalue weighted by Gasteiger charge is -2.23. The summed E-state index contributed by atoms with van der Waals surface area (Å²) in [6, 6.07) is 8.59. The van der Waals surface area contributed by atoms with Crippen molar-refractivity contribution in [2.45, 2.75) is 18.9 Å². The number of halogens is 1. The van der Waals surface area contributed by atoms with Crippen molar-refractivity contribution < 1.29 is 9.71 Å². The van der Waals surface area contributed by atoms with Gasteiger partial charge in [-0.25, -0.2) is 19.3 Å². The molecule has 1 saturated heterocycles. The van der Waals surface area contributed by atoms with Gasteiger partial charge in [0.15, 0.2) is 0 Å². The second-order valence-corrected chi connectivity index (χ2v) is 6.25. The number of nitrogens with two attached hydrogens (primary N) is 2. The highest BCUT2D eigenvalue weighted by molar-refractivity contribution is 5.77. The monoisotopic (exact) mass is 339 g/mol. The van der Waals surface area contributed by atoms with Crippen molar-refractivity contribution in [2.24, 2.45) is 0 Å². The molecule has 6 nitrogen and oxygen atoms in total. The Labute approximate surface area is 144 Å². The van der Waals surface area contributed by atoms with Crippen molar-refractivity contribution in [3.63, 3.8) is 0 Å². The Kier molecular flexibility index (Phi) is 4.15. The zero-order valence-electron chi connectivity index (χ0n) is 13.8. The number of quaternary nitrogens is 1. The van der Waals surface area contributed by atoms with Crippen LogP contribution in [0.4, 0.5) is 10.3 Å². The lowest BCUT2D eigenvalue weighted by atomic mass is 10.0. The van der Waals surface area contributed by atoms with Gasteiger partial charge in [0.05, 0.1) is 36.5 Å². The molecule has 0 unspecified atom stereocenters. The van der Waals surface area contributed by atoms with E-state index in [2.05, 4.69) is 24.8 Å². The van der Waals surface area contributed by atoms with Crippen molar-refractivity contribution in [3.05, 3.63) is 48.7 Å². The van der Waals surface area contributed by atoms with Crippen LogP contribution in [0.15, 0.2) is 42.9 Å². The van der Waals surface area contributed by atoms with Gasteiger partial charge in [-0.15, -0.1) is 0 Å². The standard InChI is InChI=1S/C18H19FN6/c19-13-3-1-12(2-4-13)16-17(15-7-10-22-18(20)24-15)25(11-23-16)14-5-8-21-9-6-14/h1-4,7,10-11,14,21H,5-6,8-9H2,(H2,20,22,24)/p+1. The fourth-order valence-electron chi connectivity index (χ4n) is 3.40. The van der Waals surface area contributed by atoms with E-state index < -0.39 is 0 Å². The van der Waals surface area contributed by atoms with Gasteiger partial charge in [-0.05, 0) is 30.3 Å². The highest BCUT2D eigenvalue weighted by atomic mass is 19.1. The van der Waals surface area contributed by atoms with Crippen LogP contribution in [0.5, 0.6) is 0 Å². The summed E-state index contributed by atoms with van der Waals surface area (Å²) in [4.78, 5) is 13.0. The topological polar surface area (TPSA) is 86.2 Å². The molecule has 0 atom stereocenters. The van der Waals surface area contributed by atoms with Crippen LogP contribution in [-0.2, 0) is 0 Å². The minimum absolute atomic E-state index is 0.229. The van der Waals surface area contributed by atoms with E-state index in [1.807, 2.05) is 12.4 Å². The fourth-order valence-corrected chi connectivity index (χ4v) is 3.40. The number of nitrogens with zero attached hydrogens (tertiary/aromatic N) is 4. The Hall–Kier alpha value is -2.80. The summed E-state index contributed by atoms with van der Waals surface area (Å²) < 4.78 is 15.5. The van der Waals surface area contributed by atoms with Gasteiger partial charge in [0.1, 0.15) is 5.82 Å². The molecule has 0 radical (unpaired) electrons. The highest BCUT2D eigenvalue weighted by Crippen LogP contribution is 2.34. The van der Waals surface area contributed by atoms with E-state index in [4.69, 9.17) is 5.73 Å². The molecule has 25 heavy (non-hydrogen) atoms.